The molecule has 0 aliphatic carbocycles. The monoisotopic (exact) mass is 162 g/mol. The summed E-state index contributed by atoms with van der Waals surface area (Å²) in [6.07, 6.45) is 2.36. The summed E-state index contributed by atoms with van der Waals surface area (Å²) in [4.78, 5) is 10.4. The van der Waals surface area contributed by atoms with Crippen LogP contribution < -0.4 is 5.73 Å². The van der Waals surface area contributed by atoms with Crippen molar-refractivity contribution in [2.75, 3.05) is 0 Å². The fourth-order valence-corrected chi connectivity index (χ4v) is 1.06. The zero-order valence-electron chi connectivity index (χ0n) is 7.08. The highest BCUT2D eigenvalue weighted by Crippen LogP contribution is 2.07. The molecular weight excluding hydrogens is 150 g/mol. The molecule has 0 bridgehead atoms. The lowest BCUT2D eigenvalue weighted by atomic mass is 9.96. The van der Waals surface area contributed by atoms with Crippen LogP contribution in [0.2, 0.25) is 0 Å². The van der Waals surface area contributed by atoms with Crippen molar-refractivity contribution in [3.8, 4) is 0 Å². The minimum Gasteiger partial charge on any atom is -0.319 e. The van der Waals surface area contributed by atoms with Crippen LogP contribution in [0.15, 0.2) is 30.3 Å². The Labute approximate surface area is 72.4 Å². The SMILES string of the molecule is C[C@](N)([C]=O)Cc1ccccc1. The lowest BCUT2D eigenvalue weighted by Crippen LogP contribution is -2.40. The lowest BCUT2D eigenvalue weighted by molar-refractivity contribution is 0.498. The first-order chi connectivity index (χ1) is 5.64. The van der Waals surface area contributed by atoms with Gasteiger partial charge >= 0.3 is 0 Å². The summed E-state index contributed by atoms with van der Waals surface area (Å²) in [5.74, 6) is 0. The largest absolute Gasteiger partial charge is 0.319 e. The molecule has 0 saturated heterocycles. The van der Waals surface area contributed by atoms with Crippen molar-refractivity contribution in [3.05, 3.63) is 35.9 Å². The molecule has 1 rings (SSSR count). The van der Waals surface area contributed by atoms with E-state index in [9.17, 15) is 4.79 Å². The second kappa shape index (κ2) is 3.50. The van der Waals surface area contributed by atoms with Gasteiger partial charge < -0.3 is 5.73 Å². The molecule has 0 unspecified atom stereocenters. The van der Waals surface area contributed by atoms with Crippen LogP contribution in [-0.4, -0.2) is 11.8 Å². The molecule has 0 saturated carbocycles. The molecule has 0 aliphatic rings. The van der Waals surface area contributed by atoms with E-state index in [0.29, 0.717) is 6.42 Å². The van der Waals surface area contributed by atoms with Gasteiger partial charge in [-0.05, 0) is 18.9 Å². The van der Waals surface area contributed by atoms with Gasteiger partial charge in [-0.2, -0.15) is 0 Å². The molecule has 0 spiro atoms. The van der Waals surface area contributed by atoms with Crippen molar-refractivity contribution < 1.29 is 4.79 Å². The summed E-state index contributed by atoms with van der Waals surface area (Å²) in [5.41, 5.74) is 5.83. The maximum Gasteiger partial charge on any atom is 0.220 e. The summed E-state index contributed by atoms with van der Waals surface area (Å²) in [6.45, 7) is 1.67. The van der Waals surface area contributed by atoms with Gasteiger partial charge in [0.25, 0.3) is 0 Å². The Morgan fingerprint density at radius 2 is 2.00 bits per heavy atom. The van der Waals surface area contributed by atoms with Crippen LogP contribution in [0.1, 0.15) is 12.5 Å². The quantitative estimate of drug-likeness (QED) is 0.722. The summed E-state index contributed by atoms with van der Waals surface area (Å²) >= 11 is 0. The first-order valence-electron chi connectivity index (χ1n) is 3.86. The molecule has 0 heterocycles. The average Bonchev–Trinajstić information content (AvgIpc) is 2.06. The van der Waals surface area contributed by atoms with Gasteiger partial charge in [0.15, 0.2) is 0 Å². The molecule has 12 heavy (non-hydrogen) atoms. The number of hydrogen-bond acceptors (Lipinski definition) is 2. The van der Waals surface area contributed by atoms with E-state index in [1.165, 1.54) is 0 Å². The smallest absolute Gasteiger partial charge is 0.220 e. The molecule has 2 nitrogen and oxygen atoms in total. The highest BCUT2D eigenvalue weighted by atomic mass is 16.1. The van der Waals surface area contributed by atoms with E-state index in [-0.39, 0.29) is 0 Å². The van der Waals surface area contributed by atoms with Gasteiger partial charge in [0.05, 0.1) is 5.54 Å². The van der Waals surface area contributed by atoms with Crippen molar-refractivity contribution >= 4 is 6.29 Å². The molecule has 0 fully saturated rings. The number of rotatable bonds is 3. The molecule has 1 aromatic carbocycles. The van der Waals surface area contributed by atoms with Crippen LogP contribution in [0, 0.1) is 0 Å². The molecule has 63 valence electrons. The normalized spacial score (nSPS) is 15.2. The molecule has 0 aromatic heterocycles. The van der Waals surface area contributed by atoms with Crippen LogP contribution in [0.25, 0.3) is 0 Å². The average molecular weight is 162 g/mol. The minimum absolute atomic E-state index is 0.539. The molecule has 1 radical (unpaired) electrons. The Kier molecular flexibility index (Phi) is 2.61. The van der Waals surface area contributed by atoms with Crippen LogP contribution in [-0.2, 0) is 11.2 Å². The highest BCUT2D eigenvalue weighted by Gasteiger charge is 2.18. The van der Waals surface area contributed by atoms with Crippen molar-refractivity contribution in [2.24, 2.45) is 5.73 Å². The predicted octanol–water partition coefficient (Wildman–Crippen LogP) is 1.06. The zero-order chi connectivity index (χ0) is 9.03. The summed E-state index contributed by atoms with van der Waals surface area (Å²) in [6, 6.07) is 9.68. The molecule has 0 aliphatic heterocycles. The Hall–Kier alpha value is -1.15. The Bertz CT molecular complexity index is 254. The van der Waals surface area contributed by atoms with Crippen molar-refractivity contribution in [1.29, 1.82) is 0 Å². The third kappa shape index (κ3) is 2.47. The van der Waals surface area contributed by atoms with Crippen molar-refractivity contribution in [2.45, 2.75) is 18.9 Å². The highest BCUT2D eigenvalue weighted by molar-refractivity contribution is 5.64. The Morgan fingerprint density at radius 3 is 2.50 bits per heavy atom. The van der Waals surface area contributed by atoms with E-state index in [2.05, 4.69) is 0 Å². The Balaban J connectivity index is 2.70. The molecule has 0 amide bonds. The summed E-state index contributed by atoms with van der Waals surface area (Å²) in [5, 5.41) is 0. The first kappa shape index (κ1) is 8.94. The van der Waals surface area contributed by atoms with Gasteiger partial charge in [0.1, 0.15) is 0 Å². The molecular formula is C10H12NO. The van der Waals surface area contributed by atoms with Gasteiger partial charge in [-0.1, -0.05) is 30.3 Å². The number of benzene rings is 1. The number of carbonyl (C=O) groups excluding carboxylic acids is 1. The van der Waals surface area contributed by atoms with Crippen molar-refractivity contribution in [3.63, 3.8) is 0 Å². The van der Waals surface area contributed by atoms with E-state index < -0.39 is 5.54 Å². The Morgan fingerprint density at radius 1 is 1.42 bits per heavy atom. The third-order valence-corrected chi connectivity index (χ3v) is 1.65. The summed E-state index contributed by atoms with van der Waals surface area (Å²) < 4.78 is 0. The van der Waals surface area contributed by atoms with Crippen LogP contribution in [0.5, 0.6) is 0 Å². The van der Waals surface area contributed by atoms with Gasteiger partial charge in [-0.25, -0.2) is 0 Å². The van der Waals surface area contributed by atoms with E-state index in [4.69, 9.17) is 5.73 Å². The van der Waals surface area contributed by atoms with Gasteiger partial charge in [-0.15, -0.1) is 0 Å². The number of nitrogens with two attached hydrogens (primary N) is 1. The van der Waals surface area contributed by atoms with E-state index in [1.54, 1.807) is 6.92 Å². The van der Waals surface area contributed by atoms with Gasteiger partial charge in [0, 0.05) is 0 Å². The van der Waals surface area contributed by atoms with Gasteiger partial charge in [-0.3, -0.25) is 4.79 Å². The van der Waals surface area contributed by atoms with Crippen LogP contribution >= 0.6 is 0 Å². The standard InChI is InChI=1S/C10H12NO/c1-10(11,8-12)7-9-5-3-2-4-6-9/h2-6H,7,11H2,1H3/t10-/m1/s1. The van der Waals surface area contributed by atoms with E-state index in [0.717, 1.165) is 5.56 Å². The fraction of sp³-hybridized carbons (Fsp3) is 0.300. The van der Waals surface area contributed by atoms with Crippen LogP contribution in [0.3, 0.4) is 0 Å². The summed E-state index contributed by atoms with van der Waals surface area (Å²) in [7, 11) is 0. The van der Waals surface area contributed by atoms with Crippen molar-refractivity contribution in [1.82, 2.24) is 0 Å². The zero-order valence-corrected chi connectivity index (χ0v) is 7.08. The number of hydrogen-bond donors (Lipinski definition) is 1. The lowest BCUT2D eigenvalue weighted by Gasteiger charge is -2.15. The maximum atomic E-state index is 10.4. The van der Waals surface area contributed by atoms with E-state index in [1.807, 2.05) is 36.6 Å². The van der Waals surface area contributed by atoms with Crippen LogP contribution in [0.4, 0.5) is 0 Å². The molecule has 2 N–H and O–H groups in total. The third-order valence-electron chi connectivity index (χ3n) is 1.65. The molecule has 2 heteroatoms. The fourth-order valence-electron chi connectivity index (χ4n) is 1.06. The predicted molar refractivity (Wildman–Crippen MR) is 48.4 cm³/mol. The maximum absolute atomic E-state index is 10.4. The molecule has 1 aromatic rings. The second-order valence-corrected chi connectivity index (χ2v) is 3.18. The topological polar surface area (TPSA) is 43.1 Å². The molecule has 1 atom stereocenters. The van der Waals surface area contributed by atoms with E-state index >= 15 is 0 Å². The first-order valence-corrected chi connectivity index (χ1v) is 3.86. The minimum atomic E-state index is -0.860. The van der Waals surface area contributed by atoms with Gasteiger partial charge in [0.2, 0.25) is 6.29 Å². The second-order valence-electron chi connectivity index (χ2n) is 3.18.